The number of hydrogen-bond donors (Lipinski definition) is 2. The molecule has 0 spiro atoms. The predicted molar refractivity (Wildman–Crippen MR) is 132 cm³/mol. The Labute approximate surface area is 196 Å². The molecule has 2 aromatic rings. The SMILES string of the molecule is CC(C)C[C@H](CN1CCC[C@H]1C(=O)NCCCCc1ccccc1)NC(=O)c1cccs1. The number of likely N-dealkylation sites (tertiary alicyclic amines) is 1. The highest BCUT2D eigenvalue weighted by Crippen LogP contribution is 2.20. The largest absolute Gasteiger partial charge is 0.355 e. The van der Waals surface area contributed by atoms with Gasteiger partial charge in [0.1, 0.15) is 0 Å². The van der Waals surface area contributed by atoms with Gasteiger partial charge in [0.2, 0.25) is 5.91 Å². The quantitative estimate of drug-likeness (QED) is 0.464. The number of thiophene rings is 1. The summed E-state index contributed by atoms with van der Waals surface area (Å²) in [5, 5.41) is 8.29. The van der Waals surface area contributed by atoms with Crippen LogP contribution in [-0.4, -0.2) is 48.4 Å². The van der Waals surface area contributed by atoms with Crippen LogP contribution in [0.5, 0.6) is 0 Å². The van der Waals surface area contributed by atoms with Gasteiger partial charge in [-0.3, -0.25) is 14.5 Å². The van der Waals surface area contributed by atoms with Gasteiger partial charge in [-0.25, -0.2) is 0 Å². The van der Waals surface area contributed by atoms with E-state index < -0.39 is 0 Å². The molecule has 2 N–H and O–H groups in total. The first-order chi connectivity index (χ1) is 15.5. The van der Waals surface area contributed by atoms with Crippen molar-refractivity contribution in [3.63, 3.8) is 0 Å². The number of nitrogens with one attached hydrogen (secondary N) is 2. The van der Waals surface area contributed by atoms with Crippen molar-refractivity contribution >= 4 is 23.2 Å². The molecule has 3 rings (SSSR count). The molecular weight excluding hydrogens is 418 g/mol. The van der Waals surface area contributed by atoms with Crippen molar-refractivity contribution in [2.24, 2.45) is 5.92 Å². The summed E-state index contributed by atoms with van der Waals surface area (Å²) < 4.78 is 0. The van der Waals surface area contributed by atoms with Gasteiger partial charge in [0, 0.05) is 19.1 Å². The molecule has 2 amide bonds. The summed E-state index contributed by atoms with van der Waals surface area (Å²) in [5.74, 6) is 0.600. The monoisotopic (exact) mass is 455 g/mol. The molecule has 6 heteroatoms. The van der Waals surface area contributed by atoms with Crippen LogP contribution in [0.25, 0.3) is 0 Å². The van der Waals surface area contributed by atoms with Crippen molar-refractivity contribution in [1.29, 1.82) is 0 Å². The van der Waals surface area contributed by atoms with E-state index in [2.05, 4.69) is 53.6 Å². The Kier molecular flexibility index (Phi) is 9.75. The number of hydrogen-bond acceptors (Lipinski definition) is 4. The lowest BCUT2D eigenvalue weighted by Gasteiger charge is -2.29. The van der Waals surface area contributed by atoms with E-state index in [1.807, 2.05) is 23.6 Å². The number of nitrogens with zero attached hydrogens (tertiary/aromatic N) is 1. The standard InChI is InChI=1S/C26H37N3O2S/c1-20(2)18-22(28-26(31)24-14-9-17-32-24)19-29-16-8-13-23(29)25(30)27-15-7-6-12-21-10-4-3-5-11-21/h3-5,9-11,14,17,20,22-23H,6-8,12-13,15-16,18-19H2,1-2H3,(H,27,30)(H,28,31)/t22-,23+/m1/s1. The fourth-order valence-electron chi connectivity index (χ4n) is 4.47. The number of carbonyl (C=O) groups excluding carboxylic acids is 2. The number of benzene rings is 1. The van der Waals surface area contributed by atoms with Crippen molar-refractivity contribution in [1.82, 2.24) is 15.5 Å². The smallest absolute Gasteiger partial charge is 0.261 e. The van der Waals surface area contributed by atoms with Crippen LogP contribution < -0.4 is 10.6 Å². The Morgan fingerprint density at radius 3 is 2.66 bits per heavy atom. The fourth-order valence-corrected chi connectivity index (χ4v) is 5.09. The van der Waals surface area contributed by atoms with Gasteiger partial charge in [-0.2, -0.15) is 0 Å². The first-order valence-electron chi connectivity index (χ1n) is 11.9. The van der Waals surface area contributed by atoms with E-state index in [4.69, 9.17) is 0 Å². The highest BCUT2D eigenvalue weighted by Gasteiger charge is 2.32. The summed E-state index contributed by atoms with van der Waals surface area (Å²) in [7, 11) is 0. The molecule has 2 atom stereocenters. The van der Waals surface area contributed by atoms with E-state index in [-0.39, 0.29) is 23.9 Å². The molecule has 1 aliphatic rings. The van der Waals surface area contributed by atoms with E-state index in [1.165, 1.54) is 16.9 Å². The lowest BCUT2D eigenvalue weighted by atomic mass is 10.0. The number of unbranched alkanes of at least 4 members (excludes halogenated alkanes) is 1. The van der Waals surface area contributed by atoms with E-state index in [9.17, 15) is 9.59 Å². The summed E-state index contributed by atoms with van der Waals surface area (Å²) in [6, 6.07) is 14.2. The van der Waals surface area contributed by atoms with Crippen LogP contribution in [0.1, 0.15) is 61.2 Å². The van der Waals surface area contributed by atoms with Gasteiger partial charge in [0.05, 0.1) is 10.9 Å². The topological polar surface area (TPSA) is 61.4 Å². The Hall–Kier alpha value is -2.18. The number of carbonyl (C=O) groups is 2. The molecular formula is C26H37N3O2S. The summed E-state index contributed by atoms with van der Waals surface area (Å²) in [4.78, 5) is 28.5. The molecule has 1 aromatic carbocycles. The summed E-state index contributed by atoms with van der Waals surface area (Å²) >= 11 is 1.46. The van der Waals surface area contributed by atoms with Gasteiger partial charge in [-0.05, 0) is 68.0 Å². The molecule has 174 valence electrons. The number of amides is 2. The normalized spacial score (nSPS) is 17.4. The van der Waals surface area contributed by atoms with E-state index >= 15 is 0 Å². The average molecular weight is 456 g/mol. The van der Waals surface area contributed by atoms with Gasteiger partial charge >= 0.3 is 0 Å². The van der Waals surface area contributed by atoms with Crippen LogP contribution in [0.3, 0.4) is 0 Å². The molecule has 1 aromatic heterocycles. The van der Waals surface area contributed by atoms with Crippen LogP contribution in [0.15, 0.2) is 47.8 Å². The molecule has 2 heterocycles. The fraction of sp³-hybridized carbons (Fsp3) is 0.538. The Balaban J connectivity index is 1.45. The minimum absolute atomic E-state index is 0.00994. The lowest BCUT2D eigenvalue weighted by molar-refractivity contribution is -0.125. The molecule has 0 unspecified atom stereocenters. The van der Waals surface area contributed by atoms with E-state index in [1.54, 1.807) is 0 Å². The molecule has 0 saturated carbocycles. The van der Waals surface area contributed by atoms with Crippen LogP contribution >= 0.6 is 11.3 Å². The highest BCUT2D eigenvalue weighted by molar-refractivity contribution is 7.12. The van der Waals surface area contributed by atoms with Crippen molar-refractivity contribution in [3.05, 3.63) is 58.3 Å². The van der Waals surface area contributed by atoms with E-state index in [0.717, 1.165) is 63.0 Å². The lowest BCUT2D eigenvalue weighted by Crippen LogP contribution is -2.50. The zero-order valence-corrected chi connectivity index (χ0v) is 20.2. The maximum Gasteiger partial charge on any atom is 0.261 e. The number of rotatable bonds is 12. The Morgan fingerprint density at radius 2 is 1.94 bits per heavy atom. The molecule has 1 fully saturated rings. The zero-order chi connectivity index (χ0) is 22.8. The Bertz CT molecular complexity index is 823. The first kappa shape index (κ1) is 24.5. The van der Waals surface area contributed by atoms with Crippen molar-refractivity contribution < 1.29 is 9.59 Å². The van der Waals surface area contributed by atoms with Gasteiger partial charge in [0.15, 0.2) is 0 Å². The van der Waals surface area contributed by atoms with Crippen LogP contribution in [0.4, 0.5) is 0 Å². The van der Waals surface area contributed by atoms with Crippen molar-refractivity contribution in [2.75, 3.05) is 19.6 Å². The average Bonchev–Trinajstić information content (AvgIpc) is 3.46. The van der Waals surface area contributed by atoms with Crippen LogP contribution in [0, 0.1) is 5.92 Å². The molecule has 32 heavy (non-hydrogen) atoms. The molecule has 0 bridgehead atoms. The van der Waals surface area contributed by atoms with Gasteiger partial charge in [0.25, 0.3) is 5.91 Å². The van der Waals surface area contributed by atoms with Crippen LogP contribution in [-0.2, 0) is 11.2 Å². The van der Waals surface area contributed by atoms with Crippen molar-refractivity contribution in [2.45, 2.75) is 64.5 Å². The highest BCUT2D eigenvalue weighted by atomic mass is 32.1. The molecule has 1 aliphatic heterocycles. The second-order valence-corrected chi connectivity index (χ2v) is 10.1. The third-order valence-corrected chi connectivity index (χ3v) is 6.86. The number of aryl methyl sites for hydroxylation is 1. The maximum atomic E-state index is 12.9. The van der Waals surface area contributed by atoms with E-state index in [0.29, 0.717) is 5.92 Å². The first-order valence-corrected chi connectivity index (χ1v) is 12.8. The molecule has 1 saturated heterocycles. The second-order valence-electron chi connectivity index (χ2n) is 9.16. The third-order valence-electron chi connectivity index (χ3n) is 5.99. The summed E-state index contributed by atoms with van der Waals surface area (Å²) in [5.41, 5.74) is 1.35. The summed E-state index contributed by atoms with van der Waals surface area (Å²) in [6.07, 6.45) is 5.93. The van der Waals surface area contributed by atoms with Crippen molar-refractivity contribution in [3.8, 4) is 0 Å². The minimum Gasteiger partial charge on any atom is -0.355 e. The third kappa shape index (κ3) is 7.75. The van der Waals surface area contributed by atoms with Gasteiger partial charge in [-0.15, -0.1) is 11.3 Å². The van der Waals surface area contributed by atoms with Gasteiger partial charge < -0.3 is 10.6 Å². The molecule has 5 nitrogen and oxygen atoms in total. The second kappa shape index (κ2) is 12.8. The summed E-state index contributed by atoms with van der Waals surface area (Å²) in [6.45, 7) is 6.71. The minimum atomic E-state index is -0.0857. The maximum absolute atomic E-state index is 12.9. The van der Waals surface area contributed by atoms with Crippen LogP contribution in [0.2, 0.25) is 0 Å². The Morgan fingerprint density at radius 1 is 1.12 bits per heavy atom. The zero-order valence-electron chi connectivity index (χ0n) is 19.4. The molecule has 0 aliphatic carbocycles. The van der Waals surface area contributed by atoms with Gasteiger partial charge in [-0.1, -0.05) is 50.2 Å². The molecule has 0 radical (unpaired) electrons. The predicted octanol–water partition coefficient (Wildman–Crippen LogP) is 4.50.